The van der Waals surface area contributed by atoms with Crippen LogP contribution in [0.1, 0.15) is 37.7 Å². The Balaban J connectivity index is 1.92. The van der Waals surface area contributed by atoms with Gasteiger partial charge in [-0.25, -0.2) is 4.90 Å². The lowest BCUT2D eigenvalue weighted by Crippen LogP contribution is -2.31. The first kappa shape index (κ1) is 17.9. The number of benzene rings is 1. The number of aliphatic imine (C=N–C) groups is 1. The zero-order valence-electron chi connectivity index (χ0n) is 13.2. The molecule has 25 heavy (non-hydrogen) atoms. The van der Waals surface area contributed by atoms with Crippen molar-refractivity contribution < 1.29 is 22.8 Å². The van der Waals surface area contributed by atoms with E-state index in [1.165, 1.54) is 6.07 Å². The maximum Gasteiger partial charge on any atom is 0.416 e. The molecular weight excluding hydrogens is 357 g/mol. The molecule has 8 heteroatoms. The molecule has 0 radical (unpaired) electrons. The number of carbonyl (C=O) groups is 2. The Kier molecular flexibility index (Phi) is 4.86. The van der Waals surface area contributed by atoms with Crippen LogP contribution in [0, 0.1) is 0 Å². The van der Waals surface area contributed by atoms with E-state index < -0.39 is 28.9 Å². The van der Waals surface area contributed by atoms with Crippen molar-refractivity contribution in [1.29, 1.82) is 0 Å². The molecule has 2 amide bonds. The smallest absolute Gasteiger partial charge is 0.279 e. The van der Waals surface area contributed by atoms with Gasteiger partial charge in [0.2, 0.25) is 0 Å². The molecule has 1 aliphatic carbocycles. The number of carbonyl (C=O) groups excluding carboxylic acids is 2. The fourth-order valence-electron chi connectivity index (χ4n) is 3.15. The van der Waals surface area contributed by atoms with Gasteiger partial charge in [-0.2, -0.15) is 13.2 Å². The van der Waals surface area contributed by atoms with Gasteiger partial charge in [0, 0.05) is 0 Å². The lowest BCUT2D eigenvalue weighted by Gasteiger charge is -2.18. The number of amides is 2. The van der Waals surface area contributed by atoms with Crippen molar-refractivity contribution in [3.05, 3.63) is 29.8 Å². The van der Waals surface area contributed by atoms with Gasteiger partial charge in [-0.1, -0.05) is 25.3 Å². The van der Waals surface area contributed by atoms with E-state index in [0.29, 0.717) is 4.90 Å². The summed E-state index contributed by atoms with van der Waals surface area (Å²) in [7, 11) is 0. The molecule has 1 aromatic carbocycles. The summed E-state index contributed by atoms with van der Waals surface area (Å²) in [5.41, 5.74) is -1.16. The predicted molar refractivity (Wildman–Crippen MR) is 87.9 cm³/mol. The number of anilines is 1. The Labute approximate surface area is 147 Å². The molecular formula is C17H16ClF3N2O2. The van der Waals surface area contributed by atoms with Crippen LogP contribution in [-0.4, -0.2) is 28.9 Å². The third-order valence-electron chi connectivity index (χ3n) is 4.43. The van der Waals surface area contributed by atoms with Gasteiger partial charge in [-0.05, 0) is 31.0 Å². The molecule has 0 N–H and O–H groups in total. The molecule has 1 saturated heterocycles. The number of rotatable bonds is 2. The van der Waals surface area contributed by atoms with Crippen LogP contribution < -0.4 is 4.90 Å². The number of imide groups is 1. The molecule has 0 bridgehead atoms. The molecule has 1 saturated carbocycles. The molecule has 1 unspecified atom stereocenters. The average molecular weight is 373 g/mol. The number of halogens is 4. The SMILES string of the molecule is O=C1C(=NC2CCCCC2)C(Cl)C(=O)N1c1cccc(C(F)(F)F)c1. The van der Waals surface area contributed by atoms with Crippen molar-refractivity contribution in [2.75, 3.05) is 4.90 Å². The standard InChI is InChI=1S/C17H16ClF3N2O2/c18-13-14(22-11-6-2-1-3-7-11)16(25)23(15(13)24)12-8-4-5-10(9-12)17(19,20)21/h4-5,8-9,11,13H,1-3,6-7H2. The predicted octanol–water partition coefficient (Wildman–Crippen LogP) is 3.96. The fourth-order valence-corrected chi connectivity index (χ4v) is 3.39. The van der Waals surface area contributed by atoms with Gasteiger partial charge in [0.15, 0.2) is 5.38 Å². The molecule has 1 aromatic rings. The minimum atomic E-state index is -4.57. The Morgan fingerprint density at radius 1 is 1.12 bits per heavy atom. The highest BCUT2D eigenvalue weighted by molar-refractivity contribution is 6.68. The maximum atomic E-state index is 12.9. The zero-order chi connectivity index (χ0) is 18.2. The zero-order valence-corrected chi connectivity index (χ0v) is 14.0. The van der Waals surface area contributed by atoms with Crippen LogP contribution in [0.15, 0.2) is 29.3 Å². The summed E-state index contributed by atoms with van der Waals surface area (Å²) < 4.78 is 38.6. The van der Waals surface area contributed by atoms with Gasteiger partial charge >= 0.3 is 6.18 Å². The van der Waals surface area contributed by atoms with E-state index in [2.05, 4.69) is 4.99 Å². The van der Waals surface area contributed by atoms with E-state index in [1.807, 2.05) is 0 Å². The van der Waals surface area contributed by atoms with Crippen molar-refractivity contribution in [2.24, 2.45) is 4.99 Å². The summed E-state index contributed by atoms with van der Waals surface area (Å²) in [6.07, 6.45) is 0.161. The third kappa shape index (κ3) is 3.56. The molecule has 2 aliphatic rings. The van der Waals surface area contributed by atoms with Crippen LogP contribution in [0.25, 0.3) is 0 Å². The number of nitrogens with zero attached hydrogens (tertiary/aromatic N) is 2. The van der Waals surface area contributed by atoms with Gasteiger partial charge < -0.3 is 0 Å². The summed E-state index contributed by atoms with van der Waals surface area (Å²) in [4.78, 5) is 29.9. The van der Waals surface area contributed by atoms with Gasteiger partial charge in [0.1, 0.15) is 5.71 Å². The monoisotopic (exact) mass is 372 g/mol. The lowest BCUT2D eigenvalue weighted by atomic mass is 9.96. The first-order chi connectivity index (χ1) is 11.8. The molecule has 4 nitrogen and oxygen atoms in total. The van der Waals surface area contributed by atoms with Crippen molar-refractivity contribution in [3.63, 3.8) is 0 Å². The first-order valence-electron chi connectivity index (χ1n) is 8.06. The van der Waals surface area contributed by atoms with Crippen LogP contribution >= 0.6 is 11.6 Å². The van der Waals surface area contributed by atoms with E-state index in [9.17, 15) is 22.8 Å². The van der Waals surface area contributed by atoms with Gasteiger partial charge in [-0.3, -0.25) is 14.6 Å². The molecule has 1 heterocycles. The van der Waals surface area contributed by atoms with E-state index in [1.54, 1.807) is 0 Å². The number of alkyl halides is 4. The van der Waals surface area contributed by atoms with Crippen molar-refractivity contribution in [1.82, 2.24) is 0 Å². The van der Waals surface area contributed by atoms with Gasteiger partial charge in [0.25, 0.3) is 11.8 Å². The maximum absolute atomic E-state index is 12.9. The summed E-state index contributed by atoms with van der Waals surface area (Å²) >= 11 is 6.05. The second kappa shape index (κ2) is 6.78. The Morgan fingerprint density at radius 3 is 2.44 bits per heavy atom. The molecule has 0 spiro atoms. The normalized spacial score (nSPS) is 24.4. The summed E-state index contributed by atoms with van der Waals surface area (Å²) in [6, 6.07) is 4.01. The number of hydrogen-bond acceptors (Lipinski definition) is 3. The molecule has 0 aromatic heterocycles. The van der Waals surface area contributed by atoms with Crippen LogP contribution in [-0.2, 0) is 15.8 Å². The molecule has 1 atom stereocenters. The van der Waals surface area contributed by atoms with Crippen LogP contribution in [0.5, 0.6) is 0 Å². The Morgan fingerprint density at radius 2 is 1.80 bits per heavy atom. The fraction of sp³-hybridized carbons (Fsp3) is 0.471. The quantitative estimate of drug-likeness (QED) is 0.583. The highest BCUT2D eigenvalue weighted by Crippen LogP contribution is 2.33. The summed E-state index contributed by atoms with van der Waals surface area (Å²) in [5, 5.41) is -1.26. The largest absolute Gasteiger partial charge is 0.416 e. The first-order valence-corrected chi connectivity index (χ1v) is 8.50. The van der Waals surface area contributed by atoms with Crippen LogP contribution in [0.4, 0.5) is 18.9 Å². The second-order valence-electron chi connectivity index (χ2n) is 6.20. The second-order valence-corrected chi connectivity index (χ2v) is 6.63. The third-order valence-corrected chi connectivity index (χ3v) is 4.82. The van der Waals surface area contributed by atoms with Crippen LogP contribution in [0.2, 0.25) is 0 Å². The van der Waals surface area contributed by atoms with E-state index in [0.717, 1.165) is 50.3 Å². The highest BCUT2D eigenvalue weighted by atomic mass is 35.5. The molecule has 2 fully saturated rings. The number of hydrogen-bond donors (Lipinski definition) is 0. The van der Waals surface area contributed by atoms with Crippen molar-refractivity contribution in [2.45, 2.75) is 49.7 Å². The average Bonchev–Trinajstić information content (AvgIpc) is 2.79. The van der Waals surface area contributed by atoms with Gasteiger partial charge in [0.05, 0.1) is 17.3 Å². The van der Waals surface area contributed by atoms with Gasteiger partial charge in [-0.15, -0.1) is 11.6 Å². The van der Waals surface area contributed by atoms with Crippen molar-refractivity contribution >= 4 is 34.8 Å². The molecule has 1 aliphatic heterocycles. The van der Waals surface area contributed by atoms with E-state index >= 15 is 0 Å². The minimum absolute atomic E-state index is 0.0665. The molecule has 3 rings (SSSR count). The summed E-state index contributed by atoms with van der Waals surface area (Å²) in [5.74, 6) is -1.50. The summed E-state index contributed by atoms with van der Waals surface area (Å²) in [6.45, 7) is 0. The highest BCUT2D eigenvalue weighted by Gasteiger charge is 2.45. The topological polar surface area (TPSA) is 49.7 Å². The van der Waals surface area contributed by atoms with E-state index in [4.69, 9.17) is 11.6 Å². The Hall–Kier alpha value is -1.89. The minimum Gasteiger partial charge on any atom is -0.279 e. The lowest BCUT2D eigenvalue weighted by molar-refractivity contribution is -0.137. The van der Waals surface area contributed by atoms with Crippen molar-refractivity contribution in [3.8, 4) is 0 Å². The van der Waals surface area contributed by atoms with Crippen LogP contribution in [0.3, 0.4) is 0 Å². The Bertz CT molecular complexity index is 727. The van der Waals surface area contributed by atoms with E-state index in [-0.39, 0.29) is 17.4 Å². The molecule has 134 valence electrons.